The Hall–Kier alpha value is -2.31. The highest BCUT2D eigenvalue weighted by Crippen LogP contribution is 2.21. The number of carbonyl (C=O) groups excluding carboxylic acids is 1. The largest absolute Gasteiger partial charge is 0.497 e. The van der Waals surface area contributed by atoms with Crippen molar-refractivity contribution in [2.45, 2.75) is 13.0 Å². The first-order valence-electron chi connectivity index (χ1n) is 7.39. The molecule has 0 unspecified atom stereocenters. The summed E-state index contributed by atoms with van der Waals surface area (Å²) in [4.78, 5) is 12.1. The monoisotopic (exact) mass is 351 g/mol. The molecule has 0 saturated carbocycles. The second-order valence-electron chi connectivity index (χ2n) is 5.37. The highest BCUT2D eigenvalue weighted by molar-refractivity contribution is 5.99. The maximum atomic E-state index is 13.4. The number of hydrogen-bond acceptors (Lipinski definition) is 3. The topological polar surface area (TPSA) is 62.4 Å². The fourth-order valence-electron chi connectivity index (χ4n) is 2.60. The van der Waals surface area contributed by atoms with Crippen LogP contribution in [-0.4, -0.2) is 19.7 Å². The normalized spacial score (nSPS) is 12.6. The van der Waals surface area contributed by atoms with Gasteiger partial charge in [-0.1, -0.05) is 6.07 Å². The minimum atomic E-state index is -0.471. The summed E-state index contributed by atoms with van der Waals surface area (Å²) in [6, 6.07) is 9.45. The first-order chi connectivity index (χ1) is 11.1. The quantitative estimate of drug-likeness (QED) is 0.792. The van der Waals surface area contributed by atoms with Crippen molar-refractivity contribution in [2.24, 2.45) is 0 Å². The van der Waals surface area contributed by atoms with E-state index in [4.69, 9.17) is 4.74 Å². The Labute approximate surface area is 146 Å². The molecule has 2 aromatic carbocycles. The second-order valence-corrected chi connectivity index (χ2v) is 5.37. The van der Waals surface area contributed by atoms with Crippen molar-refractivity contribution < 1.29 is 13.9 Å². The molecule has 128 valence electrons. The molecular weight excluding hydrogens is 333 g/mol. The van der Waals surface area contributed by atoms with E-state index in [9.17, 15) is 9.18 Å². The Kier molecular flexibility index (Phi) is 6.00. The Morgan fingerprint density at radius 3 is 2.71 bits per heavy atom. The lowest BCUT2D eigenvalue weighted by Crippen LogP contribution is -2.24. The van der Waals surface area contributed by atoms with Crippen LogP contribution in [0.15, 0.2) is 36.4 Å². The van der Waals surface area contributed by atoms with Gasteiger partial charge in [0.2, 0.25) is 0 Å². The van der Waals surface area contributed by atoms with Gasteiger partial charge < -0.3 is 20.7 Å². The number of fused-ring (bicyclic) bond motifs is 1. The fourth-order valence-corrected chi connectivity index (χ4v) is 2.60. The van der Waals surface area contributed by atoms with Crippen molar-refractivity contribution in [1.82, 2.24) is 5.32 Å². The Morgan fingerprint density at radius 1 is 1.12 bits per heavy atom. The number of anilines is 2. The molecule has 0 fully saturated rings. The van der Waals surface area contributed by atoms with Crippen LogP contribution in [-0.2, 0) is 13.0 Å². The summed E-state index contributed by atoms with van der Waals surface area (Å²) >= 11 is 0. The molecule has 2 amide bonds. The molecule has 1 aliphatic heterocycles. The number of hydrogen-bond donors (Lipinski definition) is 3. The molecule has 0 radical (unpaired) electrons. The molecule has 0 saturated heterocycles. The van der Waals surface area contributed by atoms with E-state index in [1.54, 1.807) is 6.07 Å². The molecule has 24 heavy (non-hydrogen) atoms. The molecule has 0 aromatic heterocycles. The van der Waals surface area contributed by atoms with E-state index in [0.717, 1.165) is 19.5 Å². The standard InChI is InChI=1S/C17H18FN3O2.ClH/c1-23-16-8-13(18)7-15(9-16)21-17(22)20-14-3-2-12-10-19-5-4-11(12)6-14;/h2-3,6-9,19H,4-5,10H2,1H3,(H2,20,21,22);1H. The third kappa shape index (κ3) is 4.37. The van der Waals surface area contributed by atoms with Gasteiger partial charge in [-0.05, 0) is 42.3 Å². The van der Waals surface area contributed by atoms with Gasteiger partial charge in [-0.15, -0.1) is 12.4 Å². The van der Waals surface area contributed by atoms with Gasteiger partial charge in [-0.2, -0.15) is 0 Å². The van der Waals surface area contributed by atoms with Crippen LogP contribution < -0.4 is 20.7 Å². The number of benzene rings is 2. The lowest BCUT2D eigenvalue weighted by Gasteiger charge is -2.18. The molecule has 0 bridgehead atoms. The van der Waals surface area contributed by atoms with Crippen molar-refractivity contribution in [1.29, 1.82) is 0 Å². The van der Waals surface area contributed by atoms with Gasteiger partial charge >= 0.3 is 6.03 Å². The van der Waals surface area contributed by atoms with Crippen molar-refractivity contribution in [3.05, 3.63) is 53.3 Å². The lowest BCUT2D eigenvalue weighted by atomic mass is 10.0. The number of nitrogens with one attached hydrogen (secondary N) is 3. The SMILES string of the molecule is COc1cc(F)cc(NC(=O)Nc2ccc3c(c2)CCNC3)c1.Cl. The average Bonchev–Trinajstić information content (AvgIpc) is 2.54. The van der Waals surface area contributed by atoms with Crippen LogP contribution >= 0.6 is 12.4 Å². The number of amides is 2. The first kappa shape index (κ1) is 18.0. The molecule has 7 heteroatoms. The molecular formula is C17H19ClFN3O2. The predicted octanol–water partition coefficient (Wildman–Crippen LogP) is 3.55. The number of carbonyl (C=O) groups is 1. The molecule has 0 atom stereocenters. The molecule has 1 heterocycles. The average molecular weight is 352 g/mol. The van der Waals surface area contributed by atoms with Crippen molar-refractivity contribution >= 4 is 29.8 Å². The highest BCUT2D eigenvalue weighted by atomic mass is 35.5. The summed E-state index contributed by atoms with van der Waals surface area (Å²) < 4.78 is 18.4. The summed E-state index contributed by atoms with van der Waals surface area (Å²) in [5.74, 6) is -0.123. The van der Waals surface area contributed by atoms with Gasteiger partial charge in [0.25, 0.3) is 0 Å². The van der Waals surface area contributed by atoms with Gasteiger partial charge in [0, 0.05) is 30.1 Å². The summed E-state index contributed by atoms with van der Waals surface area (Å²) in [6.07, 6.45) is 0.938. The van der Waals surface area contributed by atoms with Gasteiger partial charge in [0.05, 0.1) is 7.11 Å². The van der Waals surface area contributed by atoms with Crippen LogP contribution in [0.1, 0.15) is 11.1 Å². The maximum absolute atomic E-state index is 13.4. The van der Waals surface area contributed by atoms with Gasteiger partial charge in [0.1, 0.15) is 11.6 Å². The fraction of sp³-hybridized carbons (Fsp3) is 0.235. The molecule has 0 spiro atoms. The number of ether oxygens (including phenoxy) is 1. The highest BCUT2D eigenvalue weighted by Gasteiger charge is 2.11. The van der Waals surface area contributed by atoms with Gasteiger partial charge in [-0.25, -0.2) is 9.18 Å². The Morgan fingerprint density at radius 2 is 1.92 bits per heavy atom. The van der Waals surface area contributed by atoms with E-state index in [1.165, 1.54) is 30.4 Å². The number of urea groups is 1. The van der Waals surface area contributed by atoms with Crippen LogP contribution in [0.3, 0.4) is 0 Å². The smallest absolute Gasteiger partial charge is 0.323 e. The molecule has 3 rings (SSSR count). The third-order valence-corrected chi connectivity index (χ3v) is 3.72. The molecule has 1 aliphatic rings. The number of halogens is 2. The zero-order valence-corrected chi connectivity index (χ0v) is 14.0. The van der Waals surface area contributed by atoms with Crippen molar-refractivity contribution in [3.63, 3.8) is 0 Å². The maximum Gasteiger partial charge on any atom is 0.323 e. The van der Waals surface area contributed by atoms with Crippen LogP contribution in [0.25, 0.3) is 0 Å². The van der Waals surface area contributed by atoms with E-state index in [2.05, 4.69) is 16.0 Å². The minimum absolute atomic E-state index is 0. The van der Waals surface area contributed by atoms with E-state index in [0.29, 0.717) is 17.1 Å². The minimum Gasteiger partial charge on any atom is -0.497 e. The van der Waals surface area contributed by atoms with E-state index in [1.807, 2.05) is 18.2 Å². The van der Waals surface area contributed by atoms with E-state index >= 15 is 0 Å². The number of methoxy groups -OCH3 is 1. The summed E-state index contributed by atoms with van der Waals surface area (Å²) in [5, 5.41) is 8.67. The summed E-state index contributed by atoms with van der Waals surface area (Å²) in [5.41, 5.74) is 3.53. The van der Waals surface area contributed by atoms with Gasteiger partial charge in [-0.3, -0.25) is 0 Å². The molecule has 3 N–H and O–H groups in total. The Bertz CT molecular complexity index is 740. The van der Waals surface area contributed by atoms with Crippen LogP contribution in [0.4, 0.5) is 20.6 Å². The predicted molar refractivity (Wildman–Crippen MR) is 94.7 cm³/mol. The summed E-state index contributed by atoms with van der Waals surface area (Å²) in [6.45, 7) is 1.79. The molecule has 2 aromatic rings. The zero-order chi connectivity index (χ0) is 16.2. The zero-order valence-electron chi connectivity index (χ0n) is 13.2. The lowest BCUT2D eigenvalue weighted by molar-refractivity contribution is 0.262. The third-order valence-electron chi connectivity index (χ3n) is 3.72. The van der Waals surface area contributed by atoms with E-state index < -0.39 is 11.8 Å². The Balaban J connectivity index is 0.00000208. The van der Waals surface area contributed by atoms with E-state index in [-0.39, 0.29) is 12.4 Å². The second kappa shape index (κ2) is 7.99. The van der Waals surface area contributed by atoms with Crippen LogP contribution in [0.5, 0.6) is 5.75 Å². The molecule has 0 aliphatic carbocycles. The number of rotatable bonds is 3. The summed E-state index contributed by atoms with van der Waals surface area (Å²) in [7, 11) is 1.45. The van der Waals surface area contributed by atoms with Crippen molar-refractivity contribution in [3.8, 4) is 5.75 Å². The van der Waals surface area contributed by atoms with Crippen molar-refractivity contribution in [2.75, 3.05) is 24.3 Å². The van der Waals surface area contributed by atoms with Gasteiger partial charge in [0.15, 0.2) is 0 Å². The molecule has 5 nitrogen and oxygen atoms in total. The van der Waals surface area contributed by atoms with Crippen LogP contribution in [0, 0.1) is 5.82 Å². The van der Waals surface area contributed by atoms with Crippen LogP contribution in [0.2, 0.25) is 0 Å². The first-order valence-corrected chi connectivity index (χ1v) is 7.39.